The molecule has 0 radical (unpaired) electrons. The summed E-state index contributed by atoms with van der Waals surface area (Å²) in [5.74, 6) is -1.21. The van der Waals surface area contributed by atoms with E-state index in [4.69, 9.17) is 12.2 Å². The highest BCUT2D eigenvalue weighted by Crippen LogP contribution is 2.40. The number of nitrogens with one attached hydrogen (secondary N) is 1. The molecule has 34 heavy (non-hydrogen) atoms. The molecule has 3 aromatic rings. The lowest BCUT2D eigenvalue weighted by Crippen LogP contribution is -2.53. The number of carbonyl (C=O) groups excluding carboxylic acids is 2. The van der Waals surface area contributed by atoms with Crippen molar-refractivity contribution in [3.8, 4) is 0 Å². The summed E-state index contributed by atoms with van der Waals surface area (Å²) < 4.78 is 41.5. The highest BCUT2D eigenvalue weighted by molar-refractivity contribution is 7.99. The molecule has 2 amide bonds. The molecule has 2 aromatic carbocycles. The smallest absolute Gasteiger partial charge is 0.338 e. The number of aromatic nitrogens is 1. The molecular weight excluding hydrogens is 483 g/mol. The van der Waals surface area contributed by atoms with Gasteiger partial charge in [-0.2, -0.15) is 13.2 Å². The van der Waals surface area contributed by atoms with Gasteiger partial charge in [0.1, 0.15) is 5.57 Å². The summed E-state index contributed by atoms with van der Waals surface area (Å²) in [5, 5.41) is 3.82. The fourth-order valence-corrected chi connectivity index (χ4v) is 4.96. The second-order valence-electron chi connectivity index (χ2n) is 7.44. The summed E-state index contributed by atoms with van der Waals surface area (Å²) in [6.45, 7) is 3.73. The van der Waals surface area contributed by atoms with Crippen molar-refractivity contribution < 1.29 is 22.8 Å². The summed E-state index contributed by atoms with van der Waals surface area (Å²) in [7, 11) is 1.78. The topological polar surface area (TPSA) is 54.3 Å². The van der Waals surface area contributed by atoms with E-state index in [9.17, 15) is 22.8 Å². The molecule has 0 bridgehead atoms. The SMILES string of the molecule is C=CCN1C(=O)/C(=C/c2c(Sc3cccc(C(F)(F)F)c3)n(C)c3ccccc23)C(=O)NC1=S. The minimum atomic E-state index is -4.47. The largest absolute Gasteiger partial charge is 0.416 e. The Bertz CT molecular complexity index is 1380. The number of halogens is 3. The van der Waals surface area contributed by atoms with E-state index < -0.39 is 23.6 Å². The number of thiocarbonyl (C=S) groups is 1. The molecule has 4 rings (SSSR count). The number of nitrogens with zero attached hydrogens (tertiary/aromatic N) is 2. The van der Waals surface area contributed by atoms with E-state index >= 15 is 0 Å². The molecular formula is C24H18F3N3O2S2. The van der Waals surface area contributed by atoms with Gasteiger partial charge < -0.3 is 4.57 Å². The predicted octanol–water partition coefficient (Wildman–Crippen LogP) is 5.16. The molecule has 1 aliphatic rings. The molecule has 1 fully saturated rings. The van der Waals surface area contributed by atoms with Crippen LogP contribution >= 0.6 is 24.0 Å². The molecule has 5 nitrogen and oxygen atoms in total. The van der Waals surface area contributed by atoms with Crippen molar-refractivity contribution in [1.82, 2.24) is 14.8 Å². The number of para-hydroxylation sites is 1. The monoisotopic (exact) mass is 501 g/mol. The van der Waals surface area contributed by atoms with Gasteiger partial charge in [-0.15, -0.1) is 6.58 Å². The average Bonchev–Trinajstić information content (AvgIpc) is 3.05. The minimum absolute atomic E-state index is 0.0106. The van der Waals surface area contributed by atoms with E-state index in [1.165, 1.54) is 23.1 Å². The second kappa shape index (κ2) is 9.11. The van der Waals surface area contributed by atoms with Gasteiger partial charge in [0.05, 0.1) is 10.6 Å². The first-order valence-electron chi connectivity index (χ1n) is 10.0. The number of hydrogen-bond acceptors (Lipinski definition) is 4. The van der Waals surface area contributed by atoms with Crippen LogP contribution in [0.1, 0.15) is 11.1 Å². The maximum atomic E-state index is 13.2. The van der Waals surface area contributed by atoms with E-state index in [2.05, 4.69) is 11.9 Å². The highest BCUT2D eigenvalue weighted by atomic mass is 32.2. The summed E-state index contributed by atoms with van der Waals surface area (Å²) >= 11 is 6.22. The zero-order valence-electron chi connectivity index (χ0n) is 17.8. The molecule has 1 N–H and O–H groups in total. The predicted molar refractivity (Wildman–Crippen MR) is 129 cm³/mol. The fourth-order valence-electron chi connectivity index (χ4n) is 3.64. The number of aryl methyl sites for hydroxylation is 1. The first kappa shape index (κ1) is 23.8. The van der Waals surface area contributed by atoms with Crippen molar-refractivity contribution in [2.45, 2.75) is 16.1 Å². The van der Waals surface area contributed by atoms with Crippen molar-refractivity contribution in [3.63, 3.8) is 0 Å². The number of amides is 2. The Balaban J connectivity index is 1.86. The third kappa shape index (κ3) is 4.38. The summed E-state index contributed by atoms with van der Waals surface area (Å²) in [5.41, 5.74) is 0.459. The molecule has 1 saturated heterocycles. The van der Waals surface area contributed by atoms with Crippen LogP contribution in [0, 0.1) is 0 Å². The van der Waals surface area contributed by atoms with Crippen molar-refractivity contribution >= 4 is 57.9 Å². The van der Waals surface area contributed by atoms with Gasteiger partial charge in [0.2, 0.25) is 0 Å². The van der Waals surface area contributed by atoms with Crippen molar-refractivity contribution in [1.29, 1.82) is 0 Å². The van der Waals surface area contributed by atoms with Crippen LogP contribution in [0.2, 0.25) is 0 Å². The van der Waals surface area contributed by atoms with Gasteiger partial charge in [-0.05, 0) is 42.6 Å². The maximum absolute atomic E-state index is 13.2. The zero-order valence-corrected chi connectivity index (χ0v) is 19.5. The van der Waals surface area contributed by atoms with Crippen LogP contribution in [-0.4, -0.2) is 32.9 Å². The Morgan fingerprint density at radius 3 is 2.59 bits per heavy atom. The molecule has 0 spiro atoms. The Hall–Kier alpha value is -3.37. The molecule has 0 atom stereocenters. The molecule has 1 aliphatic heterocycles. The van der Waals surface area contributed by atoms with Crippen molar-refractivity contribution in [2.24, 2.45) is 7.05 Å². The van der Waals surface area contributed by atoms with Crippen LogP contribution < -0.4 is 5.32 Å². The van der Waals surface area contributed by atoms with E-state index in [0.29, 0.717) is 15.5 Å². The molecule has 2 heterocycles. The number of carbonyl (C=O) groups is 2. The minimum Gasteiger partial charge on any atom is -0.338 e. The van der Waals surface area contributed by atoms with E-state index in [1.807, 2.05) is 28.8 Å². The Labute approximate surface area is 202 Å². The molecule has 0 unspecified atom stereocenters. The van der Waals surface area contributed by atoms with Gasteiger partial charge >= 0.3 is 6.18 Å². The molecule has 0 saturated carbocycles. The lowest BCUT2D eigenvalue weighted by Gasteiger charge is -2.27. The normalized spacial score (nSPS) is 15.8. The lowest BCUT2D eigenvalue weighted by atomic mass is 10.1. The van der Waals surface area contributed by atoms with Gasteiger partial charge in [0, 0.05) is 35.0 Å². The fraction of sp³-hybridized carbons (Fsp3) is 0.125. The maximum Gasteiger partial charge on any atom is 0.416 e. The Morgan fingerprint density at radius 2 is 1.88 bits per heavy atom. The summed E-state index contributed by atoms with van der Waals surface area (Å²) in [6.07, 6.45) is -1.51. The van der Waals surface area contributed by atoms with Gasteiger partial charge in [-0.25, -0.2) is 0 Å². The standard InChI is InChI=1S/C24H18F3N3O2S2/c1-3-11-30-21(32)18(20(31)28-23(30)33)13-17-16-9-4-5-10-19(16)29(2)22(17)34-15-8-6-7-14(12-15)24(25,26)27/h3-10,12-13H,1,11H2,2H3,(H,28,31,33)/b18-13+. The molecule has 0 aliphatic carbocycles. The van der Waals surface area contributed by atoms with Crippen LogP contribution in [-0.2, 0) is 22.8 Å². The lowest BCUT2D eigenvalue weighted by molar-refractivity contribution is -0.137. The molecule has 174 valence electrons. The van der Waals surface area contributed by atoms with Gasteiger partial charge in [-0.1, -0.05) is 42.1 Å². The van der Waals surface area contributed by atoms with Crippen LogP contribution in [0.15, 0.2) is 76.7 Å². The van der Waals surface area contributed by atoms with Crippen LogP contribution in [0.3, 0.4) is 0 Å². The third-order valence-electron chi connectivity index (χ3n) is 5.25. The van der Waals surface area contributed by atoms with Gasteiger partial charge in [0.15, 0.2) is 5.11 Å². The number of fused-ring (bicyclic) bond motifs is 1. The summed E-state index contributed by atoms with van der Waals surface area (Å²) in [4.78, 5) is 27.3. The Morgan fingerprint density at radius 1 is 1.15 bits per heavy atom. The first-order chi connectivity index (χ1) is 16.1. The van der Waals surface area contributed by atoms with Crippen LogP contribution in [0.4, 0.5) is 13.2 Å². The number of hydrogen-bond donors (Lipinski definition) is 1. The zero-order chi connectivity index (χ0) is 24.6. The third-order valence-corrected chi connectivity index (χ3v) is 6.75. The van der Waals surface area contributed by atoms with Crippen molar-refractivity contribution in [2.75, 3.05) is 6.54 Å². The first-order valence-corrected chi connectivity index (χ1v) is 11.3. The van der Waals surface area contributed by atoms with Crippen LogP contribution in [0.25, 0.3) is 17.0 Å². The van der Waals surface area contributed by atoms with Gasteiger partial charge in [-0.3, -0.25) is 19.8 Å². The number of rotatable bonds is 5. The number of benzene rings is 2. The molecule has 1 aromatic heterocycles. The Kier molecular flexibility index (Phi) is 6.37. The van der Waals surface area contributed by atoms with Gasteiger partial charge in [0.25, 0.3) is 11.8 Å². The average molecular weight is 502 g/mol. The van der Waals surface area contributed by atoms with E-state index in [-0.39, 0.29) is 17.2 Å². The van der Waals surface area contributed by atoms with Crippen molar-refractivity contribution in [3.05, 3.63) is 77.9 Å². The number of alkyl halides is 3. The second-order valence-corrected chi connectivity index (χ2v) is 8.89. The molecule has 10 heteroatoms. The highest BCUT2D eigenvalue weighted by Gasteiger charge is 2.34. The summed E-state index contributed by atoms with van der Waals surface area (Å²) in [6, 6.07) is 12.3. The van der Waals surface area contributed by atoms with E-state index in [0.717, 1.165) is 34.8 Å². The van der Waals surface area contributed by atoms with Crippen LogP contribution in [0.5, 0.6) is 0 Å². The quantitative estimate of drug-likeness (QED) is 0.227. The van der Waals surface area contributed by atoms with E-state index in [1.54, 1.807) is 13.1 Å².